The van der Waals surface area contributed by atoms with Gasteiger partial charge in [-0.2, -0.15) is 0 Å². The highest BCUT2D eigenvalue weighted by molar-refractivity contribution is 5.82. The van der Waals surface area contributed by atoms with Crippen LogP contribution in [0.25, 0.3) is 0 Å². The fourth-order valence-electron chi connectivity index (χ4n) is 3.99. The van der Waals surface area contributed by atoms with Gasteiger partial charge in [0.05, 0.1) is 0 Å². The summed E-state index contributed by atoms with van der Waals surface area (Å²) in [5.74, 6) is 0.537. The molecule has 22 heavy (non-hydrogen) atoms. The number of aryl methyl sites for hydroxylation is 2. The smallest absolute Gasteiger partial charge is 0.223 e. The molecule has 3 rings (SSSR count). The standard InChI is InChI=1S/C19H28N2O/c1-13-4-5-16(14(2)10-13)11-15(3)21-18(22)17-12-19(17)6-8-20-9-7-19/h4-5,10,15,17,20H,6-9,11-12H2,1-3H3,(H,21,22). The highest BCUT2D eigenvalue weighted by Crippen LogP contribution is 2.58. The van der Waals surface area contributed by atoms with Gasteiger partial charge in [0.1, 0.15) is 0 Å². The molecule has 2 N–H and O–H groups in total. The Labute approximate surface area is 133 Å². The summed E-state index contributed by atoms with van der Waals surface area (Å²) in [4.78, 5) is 12.5. The van der Waals surface area contributed by atoms with Gasteiger partial charge in [0.2, 0.25) is 5.91 Å². The van der Waals surface area contributed by atoms with Crippen LogP contribution in [0.3, 0.4) is 0 Å². The molecule has 3 nitrogen and oxygen atoms in total. The summed E-state index contributed by atoms with van der Waals surface area (Å²) in [6.45, 7) is 8.54. The van der Waals surface area contributed by atoms with Gasteiger partial charge in [-0.1, -0.05) is 23.8 Å². The Balaban J connectivity index is 1.53. The minimum Gasteiger partial charge on any atom is -0.353 e. The van der Waals surface area contributed by atoms with E-state index in [9.17, 15) is 4.79 Å². The second-order valence-electron chi connectivity index (χ2n) is 7.41. The average Bonchev–Trinajstić information content (AvgIpc) is 3.16. The molecule has 1 spiro atoms. The Morgan fingerprint density at radius 3 is 2.77 bits per heavy atom. The predicted molar refractivity (Wildman–Crippen MR) is 89.9 cm³/mol. The zero-order chi connectivity index (χ0) is 15.7. The SMILES string of the molecule is Cc1ccc(CC(C)NC(=O)C2CC23CCNCC3)c(C)c1. The lowest BCUT2D eigenvalue weighted by Crippen LogP contribution is -2.38. The maximum absolute atomic E-state index is 12.5. The Morgan fingerprint density at radius 1 is 1.36 bits per heavy atom. The van der Waals surface area contributed by atoms with Gasteiger partial charge in [-0.05, 0) is 76.1 Å². The maximum atomic E-state index is 12.5. The van der Waals surface area contributed by atoms with Gasteiger partial charge in [-0.25, -0.2) is 0 Å². The maximum Gasteiger partial charge on any atom is 0.223 e. The molecule has 1 aliphatic heterocycles. The summed E-state index contributed by atoms with van der Waals surface area (Å²) >= 11 is 0. The zero-order valence-electron chi connectivity index (χ0n) is 14.0. The summed E-state index contributed by atoms with van der Waals surface area (Å²) in [5, 5.41) is 6.64. The molecule has 1 aliphatic carbocycles. The van der Waals surface area contributed by atoms with Crippen LogP contribution in [0.15, 0.2) is 18.2 Å². The van der Waals surface area contributed by atoms with E-state index in [1.807, 2.05) is 0 Å². The highest BCUT2D eigenvalue weighted by Gasteiger charge is 2.57. The fourth-order valence-corrected chi connectivity index (χ4v) is 3.99. The van der Waals surface area contributed by atoms with Crippen molar-refractivity contribution < 1.29 is 4.79 Å². The molecule has 1 amide bonds. The molecule has 2 aliphatic rings. The number of carbonyl (C=O) groups excluding carboxylic acids is 1. The van der Waals surface area contributed by atoms with Gasteiger partial charge in [0.25, 0.3) is 0 Å². The van der Waals surface area contributed by atoms with Crippen molar-refractivity contribution in [2.45, 2.75) is 52.5 Å². The van der Waals surface area contributed by atoms with E-state index in [1.165, 1.54) is 16.7 Å². The Morgan fingerprint density at radius 2 is 2.09 bits per heavy atom. The van der Waals surface area contributed by atoms with E-state index in [1.54, 1.807) is 0 Å². The van der Waals surface area contributed by atoms with Crippen molar-refractivity contribution in [2.24, 2.45) is 11.3 Å². The molecule has 2 atom stereocenters. The van der Waals surface area contributed by atoms with Gasteiger partial charge in [0, 0.05) is 12.0 Å². The summed E-state index contributed by atoms with van der Waals surface area (Å²) in [7, 11) is 0. The number of hydrogen-bond acceptors (Lipinski definition) is 2. The zero-order valence-corrected chi connectivity index (χ0v) is 14.0. The quantitative estimate of drug-likeness (QED) is 0.898. The highest BCUT2D eigenvalue weighted by atomic mass is 16.2. The van der Waals surface area contributed by atoms with Gasteiger partial charge < -0.3 is 10.6 Å². The molecular weight excluding hydrogens is 272 g/mol. The first kappa shape index (κ1) is 15.5. The minimum atomic E-state index is 0.202. The molecule has 1 aromatic rings. The first-order chi connectivity index (χ1) is 10.5. The number of rotatable bonds is 4. The third kappa shape index (κ3) is 3.19. The van der Waals surface area contributed by atoms with Crippen molar-refractivity contribution in [3.8, 4) is 0 Å². The van der Waals surface area contributed by atoms with Crippen molar-refractivity contribution in [3.05, 3.63) is 34.9 Å². The molecule has 3 heteroatoms. The fraction of sp³-hybridized carbons (Fsp3) is 0.632. The van der Waals surface area contributed by atoms with Gasteiger partial charge in [-0.3, -0.25) is 4.79 Å². The van der Waals surface area contributed by atoms with Crippen LogP contribution in [-0.2, 0) is 11.2 Å². The second-order valence-corrected chi connectivity index (χ2v) is 7.41. The van der Waals surface area contributed by atoms with Crippen LogP contribution in [0.4, 0.5) is 0 Å². The Hall–Kier alpha value is -1.35. The molecule has 1 heterocycles. The summed E-state index contributed by atoms with van der Waals surface area (Å²) in [5.41, 5.74) is 4.28. The topological polar surface area (TPSA) is 41.1 Å². The third-order valence-corrected chi connectivity index (χ3v) is 5.52. The largest absolute Gasteiger partial charge is 0.353 e. The molecule has 1 saturated carbocycles. The second kappa shape index (κ2) is 6.04. The number of carbonyl (C=O) groups is 1. The van der Waals surface area contributed by atoms with Crippen LogP contribution in [-0.4, -0.2) is 25.0 Å². The van der Waals surface area contributed by atoms with Crippen molar-refractivity contribution in [2.75, 3.05) is 13.1 Å². The summed E-state index contributed by atoms with van der Waals surface area (Å²) < 4.78 is 0. The molecule has 0 aromatic heterocycles. The van der Waals surface area contributed by atoms with Crippen LogP contribution in [0.2, 0.25) is 0 Å². The Kier molecular flexibility index (Phi) is 4.26. The monoisotopic (exact) mass is 300 g/mol. The van der Waals surface area contributed by atoms with Crippen molar-refractivity contribution in [1.82, 2.24) is 10.6 Å². The van der Waals surface area contributed by atoms with Crippen LogP contribution in [0.5, 0.6) is 0 Å². The molecule has 120 valence electrons. The number of hydrogen-bond donors (Lipinski definition) is 2. The van der Waals surface area contributed by atoms with Crippen molar-refractivity contribution in [1.29, 1.82) is 0 Å². The lowest BCUT2D eigenvalue weighted by molar-refractivity contribution is -0.123. The Bertz CT molecular complexity index is 561. The number of nitrogens with one attached hydrogen (secondary N) is 2. The van der Waals surface area contributed by atoms with Crippen LogP contribution in [0, 0.1) is 25.2 Å². The van der Waals surface area contributed by atoms with E-state index in [-0.39, 0.29) is 17.9 Å². The van der Waals surface area contributed by atoms with Crippen LogP contribution < -0.4 is 10.6 Å². The molecule has 1 saturated heterocycles. The van der Waals surface area contributed by atoms with Crippen molar-refractivity contribution in [3.63, 3.8) is 0 Å². The molecular formula is C19H28N2O. The molecule has 2 fully saturated rings. The van der Waals surface area contributed by atoms with E-state index in [0.717, 1.165) is 38.8 Å². The van der Waals surface area contributed by atoms with E-state index in [4.69, 9.17) is 0 Å². The molecule has 2 unspecified atom stereocenters. The van der Waals surface area contributed by atoms with E-state index in [2.05, 4.69) is 49.6 Å². The minimum absolute atomic E-state index is 0.202. The van der Waals surface area contributed by atoms with Crippen molar-refractivity contribution >= 4 is 5.91 Å². The van der Waals surface area contributed by atoms with E-state index in [0.29, 0.717) is 5.41 Å². The predicted octanol–water partition coefficient (Wildman–Crippen LogP) is 2.74. The lowest BCUT2D eigenvalue weighted by Gasteiger charge is -2.24. The van der Waals surface area contributed by atoms with Gasteiger partial charge in [0.15, 0.2) is 0 Å². The van der Waals surface area contributed by atoms with Crippen LogP contribution in [0.1, 0.15) is 42.9 Å². The number of piperidine rings is 1. The van der Waals surface area contributed by atoms with Gasteiger partial charge in [-0.15, -0.1) is 0 Å². The molecule has 0 bridgehead atoms. The van der Waals surface area contributed by atoms with E-state index >= 15 is 0 Å². The molecule has 0 radical (unpaired) electrons. The first-order valence-corrected chi connectivity index (χ1v) is 8.57. The average molecular weight is 300 g/mol. The first-order valence-electron chi connectivity index (χ1n) is 8.57. The molecule has 1 aromatic carbocycles. The summed E-state index contributed by atoms with van der Waals surface area (Å²) in [6, 6.07) is 6.77. The summed E-state index contributed by atoms with van der Waals surface area (Å²) in [6.07, 6.45) is 4.34. The van der Waals surface area contributed by atoms with E-state index < -0.39 is 0 Å². The van der Waals surface area contributed by atoms with Gasteiger partial charge >= 0.3 is 0 Å². The lowest BCUT2D eigenvalue weighted by atomic mass is 9.91. The normalized spacial score (nSPS) is 24.0. The number of amides is 1. The van der Waals surface area contributed by atoms with Crippen LogP contribution >= 0.6 is 0 Å². The third-order valence-electron chi connectivity index (χ3n) is 5.52. The number of benzene rings is 1.